The van der Waals surface area contributed by atoms with Crippen LogP contribution in [0.25, 0.3) is 0 Å². The Morgan fingerprint density at radius 3 is 2.50 bits per heavy atom. The number of carboxylic acids is 1. The molecule has 0 radical (unpaired) electrons. The van der Waals surface area contributed by atoms with Gasteiger partial charge in [0.25, 0.3) is 0 Å². The van der Waals surface area contributed by atoms with E-state index in [0.29, 0.717) is 0 Å². The van der Waals surface area contributed by atoms with Gasteiger partial charge in [-0.3, -0.25) is 14.1 Å². The second-order valence-corrected chi connectivity index (χ2v) is 8.68. The summed E-state index contributed by atoms with van der Waals surface area (Å²) in [6, 6.07) is -0.940. The van der Waals surface area contributed by atoms with Crippen LogP contribution in [0.15, 0.2) is 10.5 Å². The number of Topliss-reactive ketones (excluding diaryl/α,β-unsaturated/α-hetero) is 1. The molecular formula is C14H18N4O8S2. The van der Waals surface area contributed by atoms with Crippen LogP contribution in [-0.2, 0) is 29.5 Å². The lowest BCUT2D eigenvalue weighted by Crippen LogP contribution is -2.62. The molecule has 0 spiro atoms. The maximum atomic E-state index is 12.7. The summed E-state index contributed by atoms with van der Waals surface area (Å²) in [7, 11) is -4.72. The van der Waals surface area contributed by atoms with E-state index in [4.69, 9.17) is 20.2 Å². The van der Waals surface area contributed by atoms with E-state index in [1.165, 1.54) is 26.2 Å². The van der Waals surface area contributed by atoms with E-state index in [9.17, 15) is 22.8 Å². The van der Waals surface area contributed by atoms with Crippen molar-refractivity contribution in [1.29, 1.82) is 0 Å². The molecule has 14 heteroatoms. The van der Waals surface area contributed by atoms with Crippen molar-refractivity contribution in [3.63, 3.8) is 0 Å². The van der Waals surface area contributed by atoms with Gasteiger partial charge in [0.1, 0.15) is 5.69 Å². The van der Waals surface area contributed by atoms with Gasteiger partial charge in [-0.25, -0.2) is 14.1 Å². The van der Waals surface area contributed by atoms with Crippen molar-refractivity contribution in [2.45, 2.75) is 38.8 Å². The van der Waals surface area contributed by atoms with Crippen LogP contribution < -0.4 is 5.73 Å². The number of hydrogen-bond donors (Lipinski definition) is 3. The van der Waals surface area contributed by atoms with Crippen molar-refractivity contribution in [3.05, 3.63) is 11.1 Å². The van der Waals surface area contributed by atoms with E-state index in [-0.39, 0.29) is 20.8 Å². The van der Waals surface area contributed by atoms with Crippen LogP contribution in [0.2, 0.25) is 0 Å². The minimum Gasteiger partial charge on any atom is -0.478 e. The van der Waals surface area contributed by atoms with Gasteiger partial charge in [0.2, 0.25) is 11.5 Å². The summed E-state index contributed by atoms with van der Waals surface area (Å²) in [5, 5.41) is 14.2. The first kappa shape index (κ1) is 21.7. The number of carbonyl (C=O) groups excluding carboxylic acids is 2. The highest BCUT2D eigenvalue weighted by molar-refractivity contribution is 7.84. The number of anilines is 1. The van der Waals surface area contributed by atoms with Crippen molar-refractivity contribution in [2.75, 3.05) is 5.73 Å². The number of amides is 1. The molecule has 0 unspecified atom stereocenters. The number of ketones is 1. The molecule has 1 aromatic rings. The molecule has 1 amide bonds. The Balaban J connectivity index is 2.26. The fraction of sp³-hybridized carbons (Fsp3) is 0.500. The van der Waals surface area contributed by atoms with Crippen LogP contribution in [0.1, 0.15) is 32.9 Å². The standard InChI is InChI=1S/C14H18N4O8S2/c1-6-7(11(20)18(6)28(23,24)25)4-9(19)10(8-5-27-13(15)16-8)17-26-14(2,3)12(21)22/h5-7H,4H2,1-3H3,(H2,15,16)(H,21,22)(H,23,24,25)/b17-10-/t6-,7+/m1/s1. The van der Waals surface area contributed by atoms with E-state index in [1.54, 1.807) is 0 Å². The molecule has 0 aromatic carbocycles. The molecule has 28 heavy (non-hydrogen) atoms. The van der Waals surface area contributed by atoms with Crippen LogP contribution in [0.4, 0.5) is 5.13 Å². The van der Waals surface area contributed by atoms with Gasteiger partial charge in [-0.2, -0.15) is 8.42 Å². The number of thiazole rings is 1. The van der Waals surface area contributed by atoms with Gasteiger partial charge in [0.05, 0.1) is 12.0 Å². The number of oxime groups is 1. The molecule has 12 nitrogen and oxygen atoms in total. The molecule has 4 N–H and O–H groups in total. The van der Waals surface area contributed by atoms with Crippen molar-refractivity contribution in [3.8, 4) is 0 Å². The molecule has 0 bridgehead atoms. The molecule has 2 atom stereocenters. The Morgan fingerprint density at radius 2 is 2.07 bits per heavy atom. The maximum Gasteiger partial charge on any atom is 0.362 e. The predicted molar refractivity (Wildman–Crippen MR) is 96.8 cm³/mol. The van der Waals surface area contributed by atoms with Gasteiger partial charge in [0, 0.05) is 11.8 Å². The molecule has 2 heterocycles. The largest absolute Gasteiger partial charge is 0.478 e. The van der Waals surface area contributed by atoms with Gasteiger partial charge >= 0.3 is 16.3 Å². The third-order valence-electron chi connectivity index (χ3n) is 4.05. The van der Waals surface area contributed by atoms with Crippen molar-refractivity contribution in [1.82, 2.24) is 9.29 Å². The number of aliphatic carboxylic acids is 1. The van der Waals surface area contributed by atoms with E-state index in [0.717, 1.165) is 11.3 Å². The summed E-state index contributed by atoms with van der Waals surface area (Å²) in [4.78, 5) is 44.7. The second kappa shape index (κ2) is 7.44. The number of aromatic nitrogens is 1. The summed E-state index contributed by atoms with van der Waals surface area (Å²) in [6.45, 7) is 3.80. The highest BCUT2D eigenvalue weighted by Crippen LogP contribution is 2.32. The Labute approximate surface area is 163 Å². The molecule has 154 valence electrons. The lowest BCUT2D eigenvalue weighted by Gasteiger charge is -2.41. The molecule has 0 saturated carbocycles. The minimum atomic E-state index is -4.72. The van der Waals surface area contributed by atoms with Crippen LogP contribution in [0.5, 0.6) is 0 Å². The Bertz CT molecular complexity index is 952. The fourth-order valence-electron chi connectivity index (χ4n) is 2.37. The summed E-state index contributed by atoms with van der Waals surface area (Å²) >= 11 is 1.01. The summed E-state index contributed by atoms with van der Waals surface area (Å²) < 4.78 is 31.6. The zero-order valence-corrected chi connectivity index (χ0v) is 16.7. The first-order chi connectivity index (χ1) is 12.8. The SMILES string of the molecule is C[C@@H]1[C@H](CC(=O)/C(=N\OC(C)(C)C(=O)O)c2csc(N)n2)C(=O)N1S(=O)(=O)O. The Morgan fingerprint density at radius 1 is 1.46 bits per heavy atom. The third-order valence-corrected chi connectivity index (χ3v) is 5.73. The lowest BCUT2D eigenvalue weighted by atomic mass is 9.86. The molecule has 1 aliphatic rings. The van der Waals surface area contributed by atoms with Gasteiger partial charge in [-0.05, 0) is 20.8 Å². The van der Waals surface area contributed by atoms with Gasteiger partial charge in [0.15, 0.2) is 16.6 Å². The average molecular weight is 434 g/mol. The Kier molecular flexibility index (Phi) is 5.77. The van der Waals surface area contributed by atoms with Crippen LogP contribution >= 0.6 is 11.3 Å². The smallest absolute Gasteiger partial charge is 0.362 e. The number of nitrogens with zero attached hydrogens (tertiary/aromatic N) is 3. The van der Waals surface area contributed by atoms with Crippen LogP contribution in [-0.4, -0.2) is 62.4 Å². The predicted octanol–water partition coefficient (Wildman–Crippen LogP) is -0.0819. The van der Waals surface area contributed by atoms with Gasteiger partial charge in [-0.15, -0.1) is 11.3 Å². The number of rotatable bonds is 8. The number of nitrogen functional groups attached to an aromatic ring is 1. The fourth-order valence-corrected chi connectivity index (χ4v) is 3.84. The lowest BCUT2D eigenvalue weighted by molar-refractivity contribution is -0.161. The topological polar surface area (TPSA) is 190 Å². The first-order valence-corrected chi connectivity index (χ1v) is 10.1. The number of β-lactam (4-membered cyclic amide) rings is 1. The number of hydrogen-bond acceptors (Lipinski definition) is 10. The van der Waals surface area contributed by atoms with Gasteiger partial charge < -0.3 is 15.7 Å². The van der Waals surface area contributed by atoms with Crippen molar-refractivity contribution < 1.29 is 37.3 Å². The zero-order valence-electron chi connectivity index (χ0n) is 15.0. The molecule has 1 aliphatic heterocycles. The van der Waals surface area contributed by atoms with E-state index >= 15 is 0 Å². The first-order valence-electron chi connectivity index (χ1n) is 7.80. The van der Waals surface area contributed by atoms with Crippen molar-refractivity contribution in [2.24, 2.45) is 11.1 Å². The third kappa shape index (κ3) is 4.28. The zero-order chi connectivity index (χ0) is 21.4. The molecule has 1 fully saturated rings. The molecule has 0 aliphatic carbocycles. The highest BCUT2D eigenvalue weighted by atomic mass is 32.2. The number of nitrogens with two attached hydrogens (primary N) is 1. The van der Waals surface area contributed by atoms with Crippen molar-refractivity contribution >= 4 is 50.1 Å². The minimum absolute atomic E-state index is 0.0275. The van der Waals surface area contributed by atoms with Gasteiger partial charge in [-0.1, -0.05) is 5.16 Å². The summed E-state index contributed by atoms with van der Waals surface area (Å²) in [6.07, 6.45) is -0.445. The average Bonchev–Trinajstić information content (AvgIpc) is 2.97. The molecular weight excluding hydrogens is 416 g/mol. The van der Waals surface area contributed by atoms with Crippen LogP contribution in [0, 0.1) is 5.92 Å². The van der Waals surface area contributed by atoms with E-state index in [2.05, 4.69) is 10.1 Å². The molecule has 2 rings (SSSR count). The number of carboxylic acid groups (broad SMARTS) is 1. The second-order valence-electron chi connectivity index (χ2n) is 6.50. The number of carbonyl (C=O) groups is 3. The Hall–Kier alpha value is -2.58. The van der Waals surface area contributed by atoms with E-state index in [1.807, 2.05) is 0 Å². The van der Waals surface area contributed by atoms with E-state index < -0.39 is 51.9 Å². The maximum absolute atomic E-state index is 12.7. The normalized spacial score (nSPS) is 20.6. The molecule has 1 aromatic heterocycles. The molecule has 1 saturated heterocycles. The quantitative estimate of drug-likeness (QED) is 0.216. The summed E-state index contributed by atoms with van der Waals surface area (Å²) in [5.41, 5.74) is 3.48. The monoisotopic (exact) mass is 434 g/mol. The highest BCUT2D eigenvalue weighted by Gasteiger charge is 2.51. The van der Waals surface area contributed by atoms with Crippen LogP contribution in [0.3, 0.4) is 0 Å². The summed E-state index contributed by atoms with van der Waals surface area (Å²) in [5.74, 6) is -4.01.